The zero-order valence-corrected chi connectivity index (χ0v) is 12.2. The lowest BCUT2D eigenvalue weighted by molar-refractivity contribution is -0.151. The van der Waals surface area contributed by atoms with Crippen LogP contribution in [0.15, 0.2) is 0 Å². The average Bonchev–Trinajstić information content (AvgIpc) is 2.45. The van der Waals surface area contributed by atoms with E-state index in [9.17, 15) is 14.7 Å². The van der Waals surface area contributed by atoms with Gasteiger partial charge in [0.2, 0.25) is 5.91 Å². The Kier molecular flexibility index (Phi) is 5.02. The molecular formula is C15H25NO4. The first kappa shape index (κ1) is 15.3. The third kappa shape index (κ3) is 3.51. The van der Waals surface area contributed by atoms with E-state index in [1.165, 1.54) is 0 Å². The van der Waals surface area contributed by atoms with Gasteiger partial charge >= 0.3 is 5.97 Å². The molecule has 0 aromatic carbocycles. The fourth-order valence-corrected chi connectivity index (χ4v) is 3.33. The van der Waals surface area contributed by atoms with E-state index in [1.807, 2.05) is 6.92 Å². The Bertz CT molecular complexity index is 363. The third-order valence-electron chi connectivity index (χ3n) is 4.72. The number of aliphatic carboxylic acids is 1. The molecule has 5 nitrogen and oxygen atoms in total. The summed E-state index contributed by atoms with van der Waals surface area (Å²) in [5.74, 6) is -0.808. The van der Waals surface area contributed by atoms with Gasteiger partial charge in [-0.2, -0.15) is 0 Å². The minimum atomic E-state index is -0.766. The number of rotatable bonds is 4. The SMILES string of the molecule is CC1CC(C(=O)NCC2(C(=O)O)CCCCC2)CCO1. The van der Waals surface area contributed by atoms with Gasteiger partial charge in [0, 0.05) is 19.1 Å². The predicted octanol–water partition coefficient (Wildman–Crippen LogP) is 1.95. The van der Waals surface area contributed by atoms with Crippen molar-refractivity contribution in [3.8, 4) is 0 Å². The number of carboxylic acids is 1. The average molecular weight is 283 g/mol. The largest absolute Gasteiger partial charge is 0.481 e. The highest BCUT2D eigenvalue weighted by atomic mass is 16.5. The van der Waals surface area contributed by atoms with E-state index in [-0.39, 0.29) is 24.5 Å². The molecule has 2 unspecified atom stereocenters. The standard InChI is InChI=1S/C15H25NO4/c1-11-9-12(5-8-20-11)13(17)16-10-15(14(18)19)6-3-2-4-7-15/h11-12H,2-10H2,1H3,(H,16,17)(H,18,19). The van der Waals surface area contributed by atoms with E-state index < -0.39 is 11.4 Å². The first-order valence-corrected chi connectivity index (χ1v) is 7.66. The molecular weight excluding hydrogens is 258 g/mol. The number of ether oxygens (including phenoxy) is 1. The van der Waals surface area contributed by atoms with E-state index in [2.05, 4.69) is 5.32 Å². The van der Waals surface area contributed by atoms with Crippen molar-refractivity contribution in [3.63, 3.8) is 0 Å². The van der Waals surface area contributed by atoms with Crippen LogP contribution in [-0.2, 0) is 14.3 Å². The van der Waals surface area contributed by atoms with Gasteiger partial charge in [-0.25, -0.2) is 0 Å². The summed E-state index contributed by atoms with van der Waals surface area (Å²) in [5.41, 5.74) is -0.745. The molecule has 2 N–H and O–H groups in total. The van der Waals surface area contributed by atoms with Crippen LogP contribution in [0.2, 0.25) is 0 Å². The summed E-state index contributed by atoms with van der Waals surface area (Å²) >= 11 is 0. The molecule has 0 radical (unpaired) electrons. The van der Waals surface area contributed by atoms with Crippen LogP contribution in [0.4, 0.5) is 0 Å². The normalized spacial score (nSPS) is 29.6. The number of nitrogens with one attached hydrogen (secondary N) is 1. The van der Waals surface area contributed by atoms with E-state index >= 15 is 0 Å². The highest BCUT2D eigenvalue weighted by Gasteiger charge is 2.40. The summed E-state index contributed by atoms with van der Waals surface area (Å²) in [6.07, 6.45) is 5.90. The molecule has 1 heterocycles. The number of amides is 1. The first-order chi connectivity index (χ1) is 9.53. The fraction of sp³-hybridized carbons (Fsp3) is 0.867. The number of carboxylic acid groups (broad SMARTS) is 1. The van der Waals surface area contributed by atoms with Crippen LogP contribution in [0.5, 0.6) is 0 Å². The van der Waals surface area contributed by atoms with Gasteiger partial charge in [-0.1, -0.05) is 19.3 Å². The molecule has 2 aliphatic rings. The Morgan fingerprint density at radius 1 is 1.30 bits per heavy atom. The molecule has 1 aliphatic heterocycles. The summed E-state index contributed by atoms with van der Waals surface area (Å²) in [7, 11) is 0. The number of carbonyl (C=O) groups is 2. The molecule has 0 aromatic rings. The van der Waals surface area contributed by atoms with Crippen molar-refractivity contribution >= 4 is 11.9 Å². The zero-order chi connectivity index (χ0) is 14.6. The molecule has 114 valence electrons. The Balaban J connectivity index is 1.88. The molecule has 1 amide bonds. The molecule has 1 saturated carbocycles. The topological polar surface area (TPSA) is 75.6 Å². The summed E-state index contributed by atoms with van der Waals surface area (Å²) in [6, 6.07) is 0. The highest BCUT2D eigenvalue weighted by Crippen LogP contribution is 2.36. The fourth-order valence-electron chi connectivity index (χ4n) is 3.33. The molecule has 0 bridgehead atoms. The van der Waals surface area contributed by atoms with Gasteiger partial charge in [0.15, 0.2) is 0 Å². The summed E-state index contributed by atoms with van der Waals surface area (Å²) < 4.78 is 5.44. The number of hydrogen-bond acceptors (Lipinski definition) is 3. The van der Waals surface area contributed by atoms with Crippen molar-refractivity contribution in [2.75, 3.05) is 13.2 Å². The van der Waals surface area contributed by atoms with E-state index in [0.717, 1.165) is 32.1 Å². The molecule has 1 aliphatic carbocycles. The van der Waals surface area contributed by atoms with Gasteiger partial charge in [0.25, 0.3) is 0 Å². The van der Waals surface area contributed by atoms with Gasteiger partial charge in [-0.15, -0.1) is 0 Å². The van der Waals surface area contributed by atoms with E-state index in [1.54, 1.807) is 0 Å². The second-order valence-corrected chi connectivity index (χ2v) is 6.27. The molecule has 20 heavy (non-hydrogen) atoms. The van der Waals surface area contributed by atoms with E-state index in [0.29, 0.717) is 19.4 Å². The van der Waals surface area contributed by atoms with Crippen molar-refractivity contribution in [1.29, 1.82) is 0 Å². The Morgan fingerprint density at radius 2 is 2.00 bits per heavy atom. The predicted molar refractivity (Wildman–Crippen MR) is 74.3 cm³/mol. The van der Waals surface area contributed by atoms with Crippen LogP contribution >= 0.6 is 0 Å². The van der Waals surface area contributed by atoms with Crippen molar-refractivity contribution in [2.24, 2.45) is 11.3 Å². The van der Waals surface area contributed by atoms with Crippen molar-refractivity contribution < 1.29 is 19.4 Å². The van der Waals surface area contributed by atoms with Gasteiger partial charge < -0.3 is 15.2 Å². The van der Waals surface area contributed by atoms with Crippen molar-refractivity contribution in [3.05, 3.63) is 0 Å². The minimum Gasteiger partial charge on any atom is -0.481 e. The van der Waals surface area contributed by atoms with Gasteiger partial charge in [-0.05, 0) is 32.6 Å². The quantitative estimate of drug-likeness (QED) is 0.827. The zero-order valence-electron chi connectivity index (χ0n) is 12.2. The molecule has 2 atom stereocenters. The number of hydrogen-bond donors (Lipinski definition) is 2. The van der Waals surface area contributed by atoms with Gasteiger partial charge in [-0.3, -0.25) is 9.59 Å². The monoisotopic (exact) mass is 283 g/mol. The maximum Gasteiger partial charge on any atom is 0.311 e. The Labute approximate surface area is 120 Å². The summed E-state index contributed by atoms with van der Waals surface area (Å²) in [6.45, 7) is 2.86. The van der Waals surface area contributed by atoms with Gasteiger partial charge in [0.05, 0.1) is 11.5 Å². The van der Waals surface area contributed by atoms with Crippen LogP contribution in [0.1, 0.15) is 51.9 Å². The van der Waals surface area contributed by atoms with Crippen LogP contribution in [0.3, 0.4) is 0 Å². The van der Waals surface area contributed by atoms with Crippen LogP contribution in [-0.4, -0.2) is 36.2 Å². The van der Waals surface area contributed by atoms with Gasteiger partial charge in [0.1, 0.15) is 0 Å². The third-order valence-corrected chi connectivity index (χ3v) is 4.72. The maximum atomic E-state index is 12.2. The lowest BCUT2D eigenvalue weighted by Gasteiger charge is -2.34. The highest BCUT2D eigenvalue weighted by molar-refractivity contribution is 5.80. The minimum absolute atomic E-state index is 0.00801. The summed E-state index contributed by atoms with van der Waals surface area (Å²) in [4.78, 5) is 23.7. The first-order valence-electron chi connectivity index (χ1n) is 7.66. The van der Waals surface area contributed by atoms with Crippen LogP contribution in [0.25, 0.3) is 0 Å². The van der Waals surface area contributed by atoms with Crippen LogP contribution < -0.4 is 5.32 Å². The molecule has 5 heteroatoms. The molecule has 0 spiro atoms. The molecule has 2 rings (SSSR count). The molecule has 1 saturated heterocycles. The lowest BCUT2D eigenvalue weighted by atomic mass is 9.74. The van der Waals surface area contributed by atoms with Crippen molar-refractivity contribution in [2.45, 2.75) is 58.0 Å². The van der Waals surface area contributed by atoms with Crippen LogP contribution in [0, 0.1) is 11.3 Å². The van der Waals surface area contributed by atoms with Crippen molar-refractivity contribution in [1.82, 2.24) is 5.32 Å². The second-order valence-electron chi connectivity index (χ2n) is 6.27. The maximum absolute atomic E-state index is 12.2. The van der Waals surface area contributed by atoms with E-state index in [4.69, 9.17) is 4.74 Å². The molecule has 2 fully saturated rings. The summed E-state index contributed by atoms with van der Waals surface area (Å²) in [5, 5.41) is 12.4. The smallest absolute Gasteiger partial charge is 0.311 e. The molecule has 0 aromatic heterocycles. The Morgan fingerprint density at radius 3 is 2.60 bits per heavy atom. The second kappa shape index (κ2) is 6.57. The Hall–Kier alpha value is -1.10. The number of carbonyl (C=O) groups excluding carboxylic acids is 1. The lowest BCUT2D eigenvalue weighted by Crippen LogP contribution is -2.46.